The Morgan fingerprint density at radius 3 is 2.57 bits per heavy atom. The van der Waals surface area contributed by atoms with Crippen LogP contribution in [-0.4, -0.2) is 40.3 Å². The zero-order valence-corrected chi connectivity index (χ0v) is 17.1. The molecule has 1 aliphatic heterocycles. The van der Waals surface area contributed by atoms with Crippen molar-refractivity contribution in [3.05, 3.63) is 47.0 Å². The molecule has 1 amide bonds. The van der Waals surface area contributed by atoms with Crippen LogP contribution in [0.2, 0.25) is 5.02 Å². The number of ether oxygens (including phenoxy) is 3. The Labute approximate surface area is 170 Å². The van der Waals surface area contributed by atoms with Crippen molar-refractivity contribution in [3.8, 4) is 17.2 Å². The number of nitrogens with one attached hydrogen (secondary N) is 2. The quantitative estimate of drug-likeness (QED) is 0.743. The van der Waals surface area contributed by atoms with Crippen LogP contribution in [0, 0.1) is 0 Å². The van der Waals surface area contributed by atoms with Gasteiger partial charge in [0.15, 0.2) is 6.54 Å². The van der Waals surface area contributed by atoms with Gasteiger partial charge in [0.1, 0.15) is 23.3 Å². The summed E-state index contributed by atoms with van der Waals surface area (Å²) in [5.41, 5.74) is 1.65. The number of anilines is 1. The number of methoxy groups -OCH3 is 3. The van der Waals surface area contributed by atoms with Gasteiger partial charge in [0.25, 0.3) is 5.91 Å². The van der Waals surface area contributed by atoms with Gasteiger partial charge in [0.05, 0.1) is 39.1 Å². The predicted molar refractivity (Wildman–Crippen MR) is 109 cm³/mol. The highest BCUT2D eigenvalue weighted by atomic mass is 35.5. The number of hydrogen-bond donors (Lipinski definition) is 2. The maximum absolute atomic E-state index is 12.7. The van der Waals surface area contributed by atoms with Gasteiger partial charge in [0, 0.05) is 17.9 Å². The largest absolute Gasteiger partial charge is 0.497 e. The van der Waals surface area contributed by atoms with Gasteiger partial charge >= 0.3 is 0 Å². The summed E-state index contributed by atoms with van der Waals surface area (Å²) >= 11 is 6.05. The van der Waals surface area contributed by atoms with E-state index in [1.54, 1.807) is 39.5 Å². The van der Waals surface area contributed by atoms with Crippen molar-refractivity contribution < 1.29 is 23.9 Å². The molecular formula is C21H26ClN2O4+. The highest BCUT2D eigenvalue weighted by Gasteiger charge is 2.34. The van der Waals surface area contributed by atoms with Crippen LogP contribution in [0.4, 0.5) is 5.69 Å². The molecule has 150 valence electrons. The van der Waals surface area contributed by atoms with Crippen LogP contribution >= 0.6 is 11.6 Å². The summed E-state index contributed by atoms with van der Waals surface area (Å²) < 4.78 is 16.2. The van der Waals surface area contributed by atoms with Crippen LogP contribution in [0.1, 0.15) is 24.4 Å². The van der Waals surface area contributed by atoms with Crippen LogP contribution in [-0.2, 0) is 4.79 Å². The summed E-state index contributed by atoms with van der Waals surface area (Å²) in [6, 6.07) is 11.2. The van der Waals surface area contributed by atoms with Gasteiger partial charge in [-0.1, -0.05) is 11.6 Å². The molecule has 0 radical (unpaired) electrons. The van der Waals surface area contributed by atoms with E-state index in [2.05, 4.69) is 5.32 Å². The van der Waals surface area contributed by atoms with E-state index in [-0.39, 0.29) is 11.9 Å². The van der Waals surface area contributed by atoms with Gasteiger partial charge in [-0.3, -0.25) is 4.79 Å². The Morgan fingerprint density at radius 2 is 1.86 bits per heavy atom. The highest BCUT2D eigenvalue weighted by molar-refractivity contribution is 6.31. The average molecular weight is 406 g/mol. The van der Waals surface area contributed by atoms with Gasteiger partial charge in [-0.25, -0.2) is 0 Å². The summed E-state index contributed by atoms with van der Waals surface area (Å²) in [4.78, 5) is 13.9. The van der Waals surface area contributed by atoms with Crippen molar-refractivity contribution in [1.29, 1.82) is 0 Å². The first-order valence-electron chi connectivity index (χ1n) is 9.25. The van der Waals surface area contributed by atoms with E-state index >= 15 is 0 Å². The van der Waals surface area contributed by atoms with Crippen molar-refractivity contribution in [3.63, 3.8) is 0 Å². The Kier molecular flexibility index (Phi) is 6.65. The number of carbonyl (C=O) groups is 1. The fraction of sp³-hybridized carbons (Fsp3) is 0.381. The molecule has 2 atom stereocenters. The van der Waals surface area contributed by atoms with E-state index in [0.717, 1.165) is 36.4 Å². The van der Waals surface area contributed by atoms with E-state index in [4.69, 9.17) is 25.8 Å². The third kappa shape index (κ3) is 4.51. The molecule has 1 saturated heterocycles. The summed E-state index contributed by atoms with van der Waals surface area (Å²) in [6.07, 6.45) is 2.04. The molecule has 1 aliphatic rings. The van der Waals surface area contributed by atoms with E-state index in [1.807, 2.05) is 18.2 Å². The number of hydrogen-bond acceptors (Lipinski definition) is 4. The standard InChI is InChI=1S/C21H25ClN2O4/c1-26-15-7-9-19(27-2)16(12-15)18-5-4-10-24(18)13-21(25)23-17-11-14(22)6-8-20(17)28-3/h6-9,11-12,18H,4-5,10,13H2,1-3H3,(H,23,25)/p+1/t18-/m1/s1. The van der Waals surface area contributed by atoms with Gasteiger partial charge in [-0.05, 0) is 36.4 Å². The number of likely N-dealkylation sites (tertiary alicyclic amines) is 1. The molecule has 0 aliphatic carbocycles. The van der Waals surface area contributed by atoms with E-state index in [9.17, 15) is 4.79 Å². The van der Waals surface area contributed by atoms with Crippen molar-refractivity contribution in [1.82, 2.24) is 0 Å². The van der Waals surface area contributed by atoms with Crippen molar-refractivity contribution in [2.45, 2.75) is 18.9 Å². The number of halogens is 1. The van der Waals surface area contributed by atoms with Crippen LogP contribution in [0.3, 0.4) is 0 Å². The second kappa shape index (κ2) is 9.17. The minimum absolute atomic E-state index is 0.0793. The molecule has 0 spiro atoms. The first-order valence-corrected chi connectivity index (χ1v) is 9.63. The maximum atomic E-state index is 12.7. The normalized spacial score (nSPS) is 18.6. The molecule has 0 bridgehead atoms. The molecule has 2 aromatic rings. The molecule has 0 saturated carbocycles. The molecule has 28 heavy (non-hydrogen) atoms. The van der Waals surface area contributed by atoms with Crippen LogP contribution in [0.15, 0.2) is 36.4 Å². The van der Waals surface area contributed by atoms with Crippen LogP contribution in [0.25, 0.3) is 0 Å². The average Bonchev–Trinajstić information content (AvgIpc) is 3.15. The highest BCUT2D eigenvalue weighted by Crippen LogP contribution is 2.32. The minimum atomic E-state index is -0.0793. The molecule has 0 aromatic heterocycles. The minimum Gasteiger partial charge on any atom is -0.497 e. The van der Waals surface area contributed by atoms with Gasteiger partial charge in [-0.15, -0.1) is 0 Å². The first-order chi connectivity index (χ1) is 13.5. The van der Waals surface area contributed by atoms with Crippen molar-refractivity contribution in [2.24, 2.45) is 0 Å². The number of carbonyl (C=O) groups excluding carboxylic acids is 1. The lowest BCUT2D eigenvalue weighted by Crippen LogP contribution is -3.11. The predicted octanol–water partition coefficient (Wildman–Crippen LogP) is 2.72. The van der Waals surface area contributed by atoms with Crippen LogP contribution in [0.5, 0.6) is 17.2 Å². The van der Waals surface area contributed by atoms with Crippen LogP contribution < -0.4 is 24.4 Å². The van der Waals surface area contributed by atoms with E-state index in [0.29, 0.717) is 23.0 Å². The Balaban J connectivity index is 1.75. The summed E-state index contributed by atoms with van der Waals surface area (Å²) in [5, 5.41) is 3.47. The third-order valence-electron chi connectivity index (χ3n) is 5.12. The van der Waals surface area contributed by atoms with E-state index < -0.39 is 0 Å². The SMILES string of the molecule is COc1ccc(OC)c([C@H]2CCC[NH+]2CC(=O)Nc2cc(Cl)ccc2OC)c1. The zero-order chi connectivity index (χ0) is 20.1. The molecule has 6 nitrogen and oxygen atoms in total. The molecule has 1 heterocycles. The third-order valence-corrected chi connectivity index (χ3v) is 5.35. The van der Waals surface area contributed by atoms with Gasteiger partial charge in [-0.2, -0.15) is 0 Å². The number of amides is 1. The lowest BCUT2D eigenvalue weighted by Gasteiger charge is -2.23. The Bertz CT molecular complexity index is 843. The maximum Gasteiger partial charge on any atom is 0.279 e. The molecule has 2 N–H and O–H groups in total. The zero-order valence-electron chi connectivity index (χ0n) is 16.4. The Morgan fingerprint density at radius 1 is 1.11 bits per heavy atom. The van der Waals surface area contributed by atoms with Gasteiger partial charge < -0.3 is 24.4 Å². The van der Waals surface area contributed by atoms with E-state index in [1.165, 1.54) is 4.90 Å². The molecule has 7 heteroatoms. The first kappa shape index (κ1) is 20.3. The lowest BCUT2D eigenvalue weighted by atomic mass is 10.0. The molecule has 1 fully saturated rings. The number of rotatable bonds is 7. The molecular weight excluding hydrogens is 380 g/mol. The summed E-state index contributed by atoms with van der Waals surface area (Å²) in [6.45, 7) is 1.27. The fourth-order valence-corrected chi connectivity index (χ4v) is 3.96. The molecule has 2 aromatic carbocycles. The van der Waals surface area contributed by atoms with Gasteiger partial charge in [0.2, 0.25) is 0 Å². The molecule has 1 unspecified atom stereocenters. The lowest BCUT2D eigenvalue weighted by molar-refractivity contribution is -0.910. The number of quaternary nitrogens is 1. The smallest absolute Gasteiger partial charge is 0.279 e. The molecule has 3 rings (SSSR count). The fourth-order valence-electron chi connectivity index (χ4n) is 3.79. The monoisotopic (exact) mass is 405 g/mol. The number of benzene rings is 2. The summed E-state index contributed by atoms with van der Waals surface area (Å²) in [7, 11) is 4.88. The van der Waals surface area contributed by atoms with Crippen molar-refractivity contribution >= 4 is 23.2 Å². The second-order valence-electron chi connectivity index (χ2n) is 6.78. The summed E-state index contributed by atoms with van der Waals surface area (Å²) in [5.74, 6) is 2.11. The second-order valence-corrected chi connectivity index (χ2v) is 7.22. The topological polar surface area (TPSA) is 61.2 Å². The van der Waals surface area contributed by atoms with Crippen molar-refractivity contribution in [2.75, 3.05) is 39.7 Å². The Hall–Kier alpha value is -2.44.